The molecule has 0 heterocycles. The first-order valence-electron chi connectivity index (χ1n) is 6.85. The number of Topliss-reactive ketones (excluding diaryl/α,β-unsaturated/α-hetero) is 1. The molecule has 4 aliphatic carbocycles. The van der Waals surface area contributed by atoms with Gasteiger partial charge in [0.1, 0.15) is 5.78 Å². The predicted molar refractivity (Wildman–Crippen MR) is 64.2 cm³/mol. The van der Waals surface area contributed by atoms with E-state index in [-0.39, 0.29) is 5.78 Å². The fourth-order valence-corrected chi connectivity index (χ4v) is 5.01. The summed E-state index contributed by atoms with van der Waals surface area (Å²) in [4.78, 5) is 11.0. The summed E-state index contributed by atoms with van der Waals surface area (Å²) in [6.07, 6.45) is 8.82. The van der Waals surface area contributed by atoms with Crippen molar-refractivity contribution >= 4 is 5.78 Å². The van der Waals surface area contributed by atoms with Gasteiger partial charge >= 0.3 is 0 Å². The number of rotatable bonds is 4. The molecule has 0 aromatic rings. The second kappa shape index (κ2) is 3.83. The van der Waals surface area contributed by atoms with E-state index >= 15 is 0 Å². The summed E-state index contributed by atoms with van der Waals surface area (Å²) in [7, 11) is 0. The molecule has 0 spiro atoms. The van der Waals surface area contributed by atoms with Crippen LogP contribution in [0.15, 0.2) is 0 Å². The first-order valence-corrected chi connectivity index (χ1v) is 6.85. The van der Waals surface area contributed by atoms with Crippen LogP contribution in [0, 0.1) is 23.2 Å². The van der Waals surface area contributed by atoms with E-state index in [1.54, 1.807) is 6.92 Å². The molecule has 1 N–H and O–H groups in total. The van der Waals surface area contributed by atoms with Crippen molar-refractivity contribution in [2.24, 2.45) is 23.2 Å². The predicted octanol–water partition coefficient (Wildman–Crippen LogP) is 2.38. The highest BCUT2D eigenvalue weighted by Gasteiger charge is 2.50. The van der Waals surface area contributed by atoms with E-state index < -0.39 is 0 Å². The van der Waals surface area contributed by atoms with Crippen molar-refractivity contribution in [3.05, 3.63) is 0 Å². The molecular weight excluding hydrogens is 198 g/mol. The Hall–Kier alpha value is -0.370. The van der Waals surface area contributed by atoms with Crippen LogP contribution in [0.3, 0.4) is 0 Å². The van der Waals surface area contributed by atoms with Crippen LogP contribution in [0.25, 0.3) is 0 Å². The molecule has 4 saturated carbocycles. The number of hydrogen-bond donors (Lipinski definition) is 1. The molecule has 0 saturated heterocycles. The number of carbonyl (C=O) groups excluding carboxylic acids is 1. The number of carbonyl (C=O) groups is 1. The van der Waals surface area contributed by atoms with Crippen molar-refractivity contribution < 1.29 is 4.79 Å². The highest BCUT2D eigenvalue weighted by atomic mass is 16.1. The Labute approximate surface area is 98.2 Å². The topological polar surface area (TPSA) is 29.1 Å². The van der Waals surface area contributed by atoms with Crippen LogP contribution in [0.1, 0.15) is 45.4 Å². The average molecular weight is 221 g/mol. The van der Waals surface area contributed by atoms with Crippen molar-refractivity contribution in [1.82, 2.24) is 5.32 Å². The van der Waals surface area contributed by atoms with Crippen molar-refractivity contribution in [2.75, 3.05) is 13.1 Å². The van der Waals surface area contributed by atoms with E-state index in [1.807, 2.05) is 0 Å². The molecule has 0 atom stereocenters. The molecule has 0 unspecified atom stereocenters. The lowest BCUT2D eigenvalue weighted by molar-refractivity contribution is -0.116. The average Bonchev–Trinajstić information content (AvgIpc) is 2.13. The minimum atomic E-state index is 0.268. The van der Waals surface area contributed by atoms with Gasteiger partial charge in [-0.25, -0.2) is 0 Å². The lowest BCUT2D eigenvalue weighted by Crippen LogP contribution is -2.50. The minimum absolute atomic E-state index is 0.268. The van der Waals surface area contributed by atoms with Crippen LogP contribution in [0.2, 0.25) is 0 Å². The highest BCUT2D eigenvalue weighted by molar-refractivity contribution is 5.77. The summed E-state index contributed by atoms with van der Waals surface area (Å²) in [5, 5.41) is 3.39. The molecule has 4 rings (SSSR count). The van der Waals surface area contributed by atoms with E-state index in [1.165, 1.54) is 38.5 Å². The van der Waals surface area contributed by atoms with Gasteiger partial charge in [-0.2, -0.15) is 0 Å². The highest BCUT2D eigenvalue weighted by Crippen LogP contribution is 2.59. The number of hydrogen-bond acceptors (Lipinski definition) is 2. The minimum Gasteiger partial charge on any atom is -0.309 e. The summed E-state index contributed by atoms with van der Waals surface area (Å²) in [6.45, 7) is 3.34. The van der Waals surface area contributed by atoms with Gasteiger partial charge in [0.25, 0.3) is 0 Å². The first-order chi connectivity index (χ1) is 7.65. The van der Waals surface area contributed by atoms with Gasteiger partial charge in [0.05, 0.1) is 6.54 Å². The van der Waals surface area contributed by atoms with Crippen LogP contribution in [-0.4, -0.2) is 18.9 Å². The van der Waals surface area contributed by atoms with E-state index in [9.17, 15) is 4.79 Å². The zero-order valence-electron chi connectivity index (χ0n) is 10.3. The summed E-state index contributed by atoms with van der Waals surface area (Å²) in [5.41, 5.74) is 0.574. The van der Waals surface area contributed by atoms with Crippen LogP contribution in [-0.2, 0) is 4.79 Å². The number of nitrogens with one attached hydrogen (secondary N) is 1. The SMILES string of the molecule is CC(=O)CNCC12CC3CC(CC(C3)C1)C2. The Kier molecular flexibility index (Phi) is 2.58. The Bertz CT molecular complexity index is 262. The van der Waals surface area contributed by atoms with Gasteiger partial charge in [0, 0.05) is 6.54 Å². The van der Waals surface area contributed by atoms with E-state index in [0.717, 1.165) is 24.3 Å². The van der Waals surface area contributed by atoms with Crippen LogP contribution < -0.4 is 5.32 Å². The van der Waals surface area contributed by atoms with E-state index in [0.29, 0.717) is 12.0 Å². The van der Waals surface area contributed by atoms with Crippen molar-refractivity contribution in [3.63, 3.8) is 0 Å². The van der Waals surface area contributed by atoms with E-state index in [4.69, 9.17) is 0 Å². The van der Waals surface area contributed by atoms with Crippen molar-refractivity contribution in [3.8, 4) is 0 Å². The lowest BCUT2D eigenvalue weighted by atomic mass is 9.49. The fraction of sp³-hybridized carbons (Fsp3) is 0.929. The summed E-state index contributed by atoms with van der Waals surface area (Å²) in [6, 6.07) is 0. The molecule has 0 radical (unpaired) electrons. The maximum Gasteiger partial charge on any atom is 0.143 e. The molecule has 16 heavy (non-hydrogen) atoms. The third-order valence-electron chi connectivity index (χ3n) is 5.04. The van der Waals surface area contributed by atoms with Gasteiger partial charge in [-0.1, -0.05) is 0 Å². The van der Waals surface area contributed by atoms with Gasteiger partial charge in [-0.3, -0.25) is 4.79 Å². The van der Waals surface area contributed by atoms with Crippen LogP contribution in [0.4, 0.5) is 0 Å². The zero-order chi connectivity index (χ0) is 11.2. The normalized spacial score (nSPS) is 44.9. The van der Waals surface area contributed by atoms with Gasteiger partial charge in [-0.05, 0) is 68.6 Å². The monoisotopic (exact) mass is 221 g/mol. The summed E-state index contributed by atoms with van der Waals surface area (Å²) >= 11 is 0. The van der Waals surface area contributed by atoms with Gasteiger partial charge in [-0.15, -0.1) is 0 Å². The Morgan fingerprint density at radius 3 is 2.06 bits per heavy atom. The van der Waals surface area contributed by atoms with Crippen molar-refractivity contribution in [1.29, 1.82) is 0 Å². The molecule has 0 aromatic carbocycles. The fourth-order valence-electron chi connectivity index (χ4n) is 5.01. The standard InChI is InChI=1S/C14H23NO/c1-10(16)8-15-9-14-5-11-2-12(6-14)4-13(3-11)7-14/h11-13,15H,2-9H2,1H3. The maximum atomic E-state index is 11.0. The quantitative estimate of drug-likeness (QED) is 0.789. The largest absolute Gasteiger partial charge is 0.309 e. The third kappa shape index (κ3) is 1.92. The van der Waals surface area contributed by atoms with Crippen LogP contribution >= 0.6 is 0 Å². The maximum absolute atomic E-state index is 11.0. The molecule has 2 nitrogen and oxygen atoms in total. The molecule has 0 amide bonds. The van der Waals surface area contributed by atoms with Gasteiger partial charge in [0.2, 0.25) is 0 Å². The molecule has 2 heteroatoms. The van der Waals surface area contributed by atoms with Crippen LogP contribution in [0.5, 0.6) is 0 Å². The first kappa shape index (κ1) is 10.8. The molecule has 4 aliphatic rings. The van der Waals surface area contributed by atoms with Gasteiger partial charge in [0.15, 0.2) is 0 Å². The smallest absolute Gasteiger partial charge is 0.143 e. The number of ketones is 1. The van der Waals surface area contributed by atoms with E-state index in [2.05, 4.69) is 5.32 Å². The Balaban J connectivity index is 1.62. The summed E-state index contributed by atoms with van der Waals surface area (Å²) < 4.78 is 0. The molecule has 4 bridgehead atoms. The molecular formula is C14H23NO. The van der Waals surface area contributed by atoms with Gasteiger partial charge < -0.3 is 5.32 Å². The van der Waals surface area contributed by atoms with Crippen molar-refractivity contribution in [2.45, 2.75) is 45.4 Å². The molecule has 0 aromatic heterocycles. The molecule has 90 valence electrons. The molecule has 4 fully saturated rings. The lowest BCUT2D eigenvalue weighted by Gasteiger charge is -2.57. The Morgan fingerprint density at radius 2 is 1.62 bits per heavy atom. The zero-order valence-corrected chi connectivity index (χ0v) is 10.3. The summed E-state index contributed by atoms with van der Waals surface area (Å²) in [5.74, 6) is 3.32. The Morgan fingerprint density at radius 1 is 1.12 bits per heavy atom. The second-order valence-electron chi connectivity index (χ2n) is 6.72. The third-order valence-corrected chi connectivity index (χ3v) is 5.04. The second-order valence-corrected chi connectivity index (χ2v) is 6.72. The molecule has 0 aliphatic heterocycles.